The Morgan fingerprint density at radius 1 is 0.600 bits per heavy atom. The molecule has 0 fully saturated rings. The van der Waals surface area contributed by atoms with Crippen LogP contribution in [0.2, 0.25) is 0 Å². The lowest BCUT2D eigenvalue weighted by Gasteiger charge is -2.10. The smallest absolute Gasteiger partial charge is 0.0935 e. The van der Waals surface area contributed by atoms with Gasteiger partial charge in [0.05, 0.1) is 11.4 Å². The third-order valence-corrected chi connectivity index (χ3v) is 4.26. The van der Waals surface area contributed by atoms with Crippen LogP contribution >= 0.6 is 0 Å². The predicted molar refractivity (Wildman–Crippen MR) is 105 cm³/mol. The van der Waals surface area contributed by atoms with Gasteiger partial charge in [-0.05, 0) is 47.5 Å². The zero-order valence-corrected chi connectivity index (χ0v) is 14.1. The van der Waals surface area contributed by atoms with E-state index in [9.17, 15) is 0 Å². The number of hydrogen-bond donors (Lipinski definition) is 0. The molecule has 0 amide bonds. The van der Waals surface area contributed by atoms with Crippen LogP contribution in [0.25, 0.3) is 21.9 Å². The van der Waals surface area contributed by atoms with Gasteiger partial charge in [-0.25, -0.2) is 0 Å². The highest BCUT2D eigenvalue weighted by atomic mass is 15.1. The van der Waals surface area contributed by atoms with Crippen LogP contribution in [-0.2, 0) is 0 Å². The van der Waals surface area contributed by atoms with E-state index in [1.807, 2.05) is 36.4 Å². The molecule has 4 aromatic rings. The molecule has 0 saturated carbocycles. The molecule has 0 unspecified atom stereocenters. The summed E-state index contributed by atoms with van der Waals surface area (Å²) in [5, 5.41) is 11.4. The molecule has 0 aliphatic carbocycles. The zero-order chi connectivity index (χ0) is 17.1. The van der Waals surface area contributed by atoms with E-state index in [2.05, 4.69) is 71.7 Å². The van der Waals surface area contributed by atoms with Crippen LogP contribution in [0.15, 0.2) is 101 Å². The number of benzene rings is 4. The number of rotatable bonds is 3. The maximum atomic E-state index is 4.53. The normalized spacial score (nSPS) is 11.2. The number of aryl methyl sites for hydroxylation is 1. The highest BCUT2D eigenvalue weighted by Gasteiger charge is 2.09. The number of azo groups is 1. The average Bonchev–Trinajstić information content (AvgIpc) is 2.67. The van der Waals surface area contributed by atoms with Gasteiger partial charge in [0.15, 0.2) is 0 Å². The van der Waals surface area contributed by atoms with Gasteiger partial charge in [0, 0.05) is 5.56 Å². The first-order valence-corrected chi connectivity index (χ1v) is 8.37. The fourth-order valence-corrected chi connectivity index (χ4v) is 3.02. The molecular weight excluding hydrogens is 304 g/mol. The minimum atomic E-state index is 0.854. The third kappa shape index (κ3) is 3.20. The van der Waals surface area contributed by atoms with E-state index in [-0.39, 0.29) is 0 Å². The summed E-state index contributed by atoms with van der Waals surface area (Å²) < 4.78 is 0. The average molecular weight is 322 g/mol. The van der Waals surface area contributed by atoms with Gasteiger partial charge in [0.25, 0.3) is 0 Å². The van der Waals surface area contributed by atoms with Gasteiger partial charge in [-0.2, -0.15) is 5.11 Å². The minimum absolute atomic E-state index is 0.854. The second kappa shape index (κ2) is 6.70. The van der Waals surface area contributed by atoms with Crippen LogP contribution in [0.4, 0.5) is 11.4 Å². The van der Waals surface area contributed by atoms with Gasteiger partial charge < -0.3 is 0 Å². The highest BCUT2D eigenvalue weighted by Crippen LogP contribution is 2.36. The molecule has 0 saturated heterocycles. The monoisotopic (exact) mass is 322 g/mol. The number of hydrogen-bond acceptors (Lipinski definition) is 2. The molecule has 0 N–H and O–H groups in total. The summed E-state index contributed by atoms with van der Waals surface area (Å²) in [6.45, 7) is 2.10. The van der Waals surface area contributed by atoms with E-state index in [0.29, 0.717) is 0 Å². The molecular formula is C23H18N2. The van der Waals surface area contributed by atoms with Crippen molar-refractivity contribution < 1.29 is 0 Å². The van der Waals surface area contributed by atoms with E-state index in [1.54, 1.807) is 0 Å². The van der Waals surface area contributed by atoms with Crippen molar-refractivity contribution in [1.82, 2.24) is 0 Å². The van der Waals surface area contributed by atoms with E-state index in [0.717, 1.165) is 16.9 Å². The zero-order valence-electron chi connectivity index (χ0n) is 14.1. The highest BCUT2D eigenvalue weighted by molar-refractivity contribution is 5.99. The molecule has 0 heterocycles. The lowest BCUT2D eigenvalue weighted by atomic mass is 9.96. The Labute approximate surface area is 147 Å². The fourth-order valence-electron chi connectivity index (χ4n) is 3.02. The summed E-state index contributed by atoms with van der Waals surface area (Å²) in [4.78, 5) is 0. The Morgan fingerprint density at radius 2 is 1.36 bits per heavy atom. The van der Waals surface area contributed by atoms with Crippen molar-refractivity contribution in [2.45, 2.75) is 6.92 Å². The SMILES string of the molecule is Cc1ccc(N=Nc2ccccc2)c(-c2cccc3ccccc23)c1. The molecule has 0 bridgehead atoms. The maximum Gasteiger partial charge on any atom is 0.0935 e. The quantitative estimate of drug-likeness (QED) is 0.355. The van der Waals surface area contributed by atoms with E-state index >= 15 is 0 Å². The molecule has 0 atom stereocenters. The molecule has 0 aliphatic rings. The van der Waals surface area contributed by atoms with Gasteiger partial charge in [-0.15, -0.1) is 5.11 Å². The molecule has 120 valence electrons. The predicted octanol–water partition coefficient (Wildman–Crippen LogP) is 7.23. The fraction of sp³-hybridized carbons (Fsp3) is 0.0435. The Kier molecular flexibility index (Phi) is 4.09. The van der Waals surface area contributed by atoms with E-state index < -0.39 is 0 Å². The number of nitrogens with zero attached hydrogens (tertiary/aromatic N) is 2. The molecule has 0 aromatic heterocycles. The second-order valence-electron chi connectivity index (χ2n) is 6.08. The molecule has 2 nitrogen and oxygen atoms in total. The summed E-state index contributed by atoms with van der Waals surface area (Å²) in [7, 11) is 0. The van der Waals surface area contributed by atoms with Gasteiger partial charge in [0.1, 0.15) is 0 Å². The van der Waals surface area contributed by atoms with Crippen LogP contribution in [-0.4, -0.2) is 0 Å². The van der Waals surface area contributed by atoms with Crippen LogP contribution in [0.5, 0.6) is 0 Å². The van der Waals surface area contributed by atoms with Gasteiger partial charge in [-0.3, -0.25) is 0 Å². The Balaban J connectivity index is 1.87. The molecule has 0 spiro atoms. The standard InChI is InChI=1S/C23H18N2/c1-17-14-15-23(25-24-19-10-3-2-4-11-19)22(16-17)21-13-7-9-18-8-5-6-12-20(18)21/h2-16H,1H3. The van der Waals surface area contributed by atoms with Crippen molar-refractivity contribution in [3.05, 3.63) is 96.6 Å². The van der Waals surface area contributed by atoms with Crippen molar-refractivity contribution in [2.75, 3.05) is 0 Å². The third-order valence-electron chi connectivity index (χ3n) is 4.26. The molecule has 4 aromatic carbocycles. The molecule has 2 heteroatoms. The lowest BCUT2D eigenvalue weighted by Crippen LogP contribution is -1.84. The summed E-state index contributed by atoms with van der Waals surface area (Å²) in [5.74, 6) is 0. The van der Waals surface area contributed by atoms with Crippen LogP contribution < -0.4 is 0 Å². The van der Waals surface area contributed by atoms with Crippen LogP contribution in [0.3, 0.4) is 0 Å². The minimum Gasteiger partial charge on any atom is -0.151 e. The summed E-state index contributed by atoms with van der Waals surface area (Å²) >= 11 is 0. The van der Waals surface area contributed by atoms with Gasteiger partial charge in [0.2, 0.25) is 0 Å². The Morgan fingerprint density at radius 3 is 2.24 bits per heavy atom. The molecule has 0 radical (unpaired) electrons. The van der Waals surface area contributed by atoms with Crippen molar-refractivity contribution >= 4 is 22.1 Å². The van der Waals surface area contributed by atoms with Crippen LogP contribution in [0, 0.1) is 6.92 Å². The first-order valence-electron chi connectivity index (χ1n) is 8.37. The summed E-state index contributed by atoms with van der Waals surface area (Å²) in [5.41, 5.74) is 5.24. The van der Waals surface area contributed by atoms with Gasteiger partial charge in [-0.1, -0.05) is 72.3 Å². The lowest BCUT2D eigenvalue weighted by molar-refractivity contribution is 1.23. The van der Waals surface area contributed by atoms with Crippen molar-refractivity contribution in [3.63, 3.8) is 0 Å². The van der Waals surface area contributed by atoms with Crippen molar-refractivity contribution in [1.29, 1.82) is 0 Å². The summed E-state index contributed by atoms with van der Waals surface area (Å²) in [6, 6.07) is 30.9. The summed E-state index contributed by atoms with van der Waals surface area (Å²) in [6.07, 6.45) is 0. The van der Waals surface area contributed by atoms with Crippen molar-refractivity contribution in [2.24, 2.45) is 10.2 Å². The topological polar surface area (TPSA) is 24.7 Å². The maximum absolute atomic E-state index is 4.53. The first-order chi connectivity index (χ1) is 12.3. The largest absolute Gasteiger partial charge is 0.151 e. The Bertz CT molecular complexity index is 1040. The number of fused-ring (bicyclic) bond motifs is 1. The molecule has 4 rings (SSSR count). The van der Waals surface area contributed by atoms with Crippen molar-refractivity contribution in [3.8, 4) is 11.1 Å². The second-order valence-corrected chi connectivity index (χ2v) is 6.08. The molecule has 0 aliphatic heterocycles. The first kappa shape index (κ1) is 15.3. The Hall–Kier alpha value is -3.26. The van der Waals surface area contributed by atoms with E-state index in [4.69, 9.17) is 0 Å². The molecule has 25 heavy (non-hydrogen) atoms. The van der Waals surface area contributed by atoms with Crippen LogP contribution in [0.1, 0.15) is 5.56 Å². The van der Waals surface area contributed by atoms with E-state index in [1.165, 1.54) is 21.9 Å². The van der Waals surface area contributed by atoms with Gasteiger partial charge >= 0.3 is 0 Å².